The molecule has 1 saturated carbocycles. The molecule has 1 saturated heterocycles. The molecular weight excluding hydrogens is 594 g/mol. The third-order valence-electron chi connectivity index (χ3n) is 8.98. The number of carboxylic acid groups (broad SMARTS) is 1. The molecule has 1 aromatic carbocycles. The van der Waals surface area contributed by atoms with E-state index in [9.17, 15) is 19.5 Å². The van der Waals surface area contributed by atoms with Crippen molar-refractivity contribution in [2.24, 2.45) is 5.92 Å². The Bertz CT molecular complexity index is 1660. The lowest BCUT2D eigenvalue weighted by molar-refractivity contribution is -0.144. The summed E-state index contributed by atoms with van der Waals surface area (Å²) in [6, 6.07) is 6.42. The number of pyridine rings is 1. The second-order valence-corrected chi connectivity index (χ2v) is 13.3. The number of nitrogens with one attached hydrogen (secondary N) is 1. The van der Waals surface area contributed by atoms with Crippen LogP contribution in [0.5, 0.6) is 11.6 Å². The molecule has 238 valence electrons. The van der Waals surface area contributed by atoms with E-state index in [1.165, 1.54) is 16.2 Å². The molecule has 0 spiro atoms. The number of hydrogen-bond donors (Lipinski definition) is 2. The topological polar surface area (TPSA) is 134 Å². The summed E-state index contributed by atoms with van der Waals surface area (Å²) in [7, 11) is 3.34. The molecule has 2 N–H and O–H groups in total. The van der Waals surface area contributed by atoms with Gasteiger partial charge in [-0.25, -0.2) is 19.6 Å². The first-order valence-electron chi connectivity index (χ1n) is 15.4. The van der Waals surface area contributed by atoms with Gasteiger partial charge in [0, 0.05) is 36.7 Å². The molecule has 2 aromatic heterocycles. The molecule has 0 unspecified atom stereocenters. The molecule has 0 bridgehead atoms. The van der Waals surface area contributed by atoms with Gasteiger partial charge in [0.2, 0.25) is 11.8 Å². The van der Waals surface area contributed by atoms with Gasteiger partial charge in [0.25, 0.3) is 0 Å². The number of aliphatic carboxylic acids is 1. The summed E-state index contributed by atoms with van der Waals surface area (Å²) in [5, 5.41) is 17.3. The van der Waals surface area contributed by atoms with E-state index in [-0.39, 0.29) is 30.8 Å². The molecule has 1 aliphatic carbocycles. The smallest absolute Gasteiger partial charge is 0.330 e. The van der Waals surface area contributed by atoms with Gasteiger partial charge in [-0.3, -0.25) is 4.79 Å². The number of carbonyl (C=O) groups excluding carboxylic acids is 2. The van der Waals surface area contributed by atoms with E-state index in [0.29, 0.717) is 30.3 Å². The van der Waals surface area contributed by atoms with Gasteiger partial charge in [0.1, 0.15) is 34.1 Å². The van der Waals surface area contributed by atoms with E-state index in [2.05, 4.69) is 19.2 Å². The first kappa shape index (κ1) is 30.8. The van der Waals surface area contributed by atoms with E-state index < -0.39 is 29.6 Å². The number of aromatic nitrogens is 2. The highest BCUT2D eigenvalue weighted by molar-refractivity contribution is 7.13. The first-order chi connectivity index (χ1) is 21.6. The van der Waals surface area contributed by atoms with Gasteiger partial charge in [-0.2, -0.15) is 0 Å². The molecule has 11 nitrogen and oxygen atoms in total. The number of thiazole rings is 1. The lowest BCUT2D eigenvalue weighted by atomic mass is 10.1. The van der Waals surface area contributed by atoms with Crippen molar-refractivity contribution in [3.05, 3.63) is 47.5 Å². The number of amides is 3. The fourth-order valence-electron chi connectivity index (χ4n) is 6.15. The monoisotopic (exact) mass is 633 g/mol. The van der Waals surface area contributed by atoms with Crippen LogP contribution < -0.4 is 14.8 Å². The summed E-state index contributed by atoms with van der Waals surface area (Å²) in [6.45, 7) is 4.89. The van der Waals surface area contributed by atoms with Gasteiger partial charge >= 0.3 is 12.0 Å². The quantitative estimate of drug-likeness (QED) is 0.360. The van der Waals surface area contributed by atoms with Crippen molar-refractivity contribution < 1.29 is 29.0 Å². The molecule has 2 fully saturated rings. The Hall–Kier alpha value is -4.19. The van der Waals surface area contributed by atoms with Crippen LogP contribution in [0.15, 0.2) is 41.8 Å². The molecule has 3 aliphatic rings. The second kappa shape index (κ2) is 12.3. The molecule has 45 heavy (non-hydrogen) atoms. The van der Waals surface area contributed by atoms with Crippen molar-refractivity contribution in [2.45, 2.75) is 69.6 Å². The Morgan fingerprint density at radius 2 is 2.02 bits per heavy atom. The number of rotatable bonds is 6. The van der Waals surface area contributed by atoms with Crippen molar-refractivity contribution in [1.29, 1.82) is 0 Å². The number of urea groups is 1. The average molecular weight is 634 g/mol. The van der Waals surface area contributed by atoms with Crippen LogP contribution in [-0.2, 0) is 9.59 Å². The van der Waals surface area contributed by atoms with Gasteiger partial charge in [-0.05, 0) is 61.3 Å². The minimum atomic E-state index is -1.36. The number of carbonyl (C=O) groups is 3. The molecule has 2 aliphatic heterocycles. The zero-order valence-corrected chi connectivity index (χ0v) is 26.8. The standard InChI is InChI=1S/C33H39N5O6S/c1-19(2)26-18-45-30(35-26)25-14-20-13-22(43-4)10-11-24(20)29(34-25)44-23-15-27-28(39)36-33(31(40)41)16-21(33)9-7-5-6-8-12-37(3)32(42)38(27)17-23/h7,9-11,13-14,18-19,21,23,27H,5-6,8,12,15-17H2,1-4H3,(H,36,39)(H,40,41)/b9-7-/t21-,23-,27+,33-/m1/s1. The van der Waals surface area contributed by atoms with Crippen LogP contribution >= 0.6 is 11.3 Å². The highest BCUT2D eigenvalue weighted by atomic mass is 32.1. The largest absolute Gasteiger partial charge is 0.497 e. The van der Waals surface area contributed by atoms with Gasteiger partial charge in [-0.15, -0.1) is 11.3 Å². The first-order valence-corrected chi connectivity index (χ1v) is 16.3. The lowest BCUT2D eigenvalue weighted by Crippen LogP contribution is -2.54. The summed E-state index contributed by atoms with van der Waals surface area (Å²) >= 11 is 1.51. The normalized spacial score (nSPS) is 26.2. The Morgan fingerprint density at radius 3 is 2.76 bits per heavy atom. The van der Waals surface area contributed by atoms with E-state index in [0.717, 1.165) is 40.7 Å². The fraction of sp³-hybridized carbons (Fsp3) is 0.485. The maximum atomic E-state index is 13.7. The molecule has 6 rings (SSSR count). The summed E-state index contributed by atoms with van der Waals surface area (Å²) < 4.78 is 12.0. The highest BCUT2D eigenvalue weighted by Crippen LogP contribution is 2.45. The zero-order valence-electron chi connectivity index (χ0n) is 26.0. The second-order valence-electron chi connectivity index (χ2n) is 12.5. The number of ether oxygens (including phenoxy) is 2. The van der Waals surface area contributed by atoms with E-state index in [1.807, 2.05) is 41.8 Å². The van der Waals surface area contributed by atoms with Crippen molar-refractivity contribution in [3.8, 4) is 22.3 Å². The summed E-state index contributed by atoms with van der Waals surface area (Å²) in [6.07, 6.45) is 6.31. The zero-order chi connectivity index (χ0) is 31.9. The van der Waals surface area contributed by atoms with Crippen molar-refractivity contribution in [2.75, 3.05) is 27.2 Å². The molecule has 12 heteroatoms. The third-order valence-corrected chi connectivity index (χ3v) is 9.86. The Kier molecular flexibility index (Phi) is 8.43. The van der Waals surface area contributed by atoms with Crippen LogP contribution in [0.4, 0.5) is 4.79 Å². The summed E-state index contributed by atoms with van der Waals surface area (Å²) in [5.41, 5.74) is 0.283. The van der Waals surface area contributed by atoms with Crippen LogP contribution in [0, 0.1) is 5.92 Å². The number of carboxylic acids is 1. The number of benzene rings is 1. The number of fused-ring (bicyclic) bond motifs is 3. The fourth-order valence-corrected chi connectivity index (χ4v) is 7.09. The van der Waals surface area contributed by atoms with E-state index >= 15 is 0 Å². The molecule has 3 aromatic rings. The molecule has 3 amide bonds. The minimum absolute atomic E-state index is 0.156. The predicted molar refractivity (Wildman–Crippen MR) is 171 cm³/mol. The van der Waals surface area contributed by atoms with Crippen LogP contribution in [-0.4, -0.2) is 87.7 Å². The maximum Gasteiger partial charge on any atom is 0.330 e. The van der Waals surface area contributed by atoms with Gasteiger partial charge in [0.15, 0.2) is 0 Å². The van der Waals surface area contributed by atoms with E-state index in [4.69, 9.17) is 19.4 Å². The van der Waals surface area contributed by atoms with Gasteiger partial charge in [0.05, 0.1) is 19.3 Å². The maximum absolute atomic E-state index is 13.7. The van der Waals surface area contributed by atoms with Crippen molar-refractivity contribution in [3.63, 3.8) is 0 Å². The molecule has 4 atom stereocenters. The van der Waals surface area contributed by atoms with Crippen LogP contribution in [0.2, 0.25) is 0 Å². The summed E-state index contributed by atoms with van der Waals surface area (Å²) in [5.74, 6) is -0.495. The number of methoxy groups -OCH3 is 1. The average Bonchev–Trinajstić information content (AvgIpc) is 3.33. The summed E-state index contributed by atoms with van der Waals surface area (Å²) in [4.78, 5) is 52.5. The van der Waals surface area contributed by atoms with E-state index in [1.54, 1.807) is 19.1 Å². The van der Waals surface area contributed by atoms with Crippen LogP contribution in [0.3, 0.4) is 0 Å². The predicted octanol–water partition coefficient (Wildman–Crippen LogP) is 5.06. The number of nitrogens with zero attached hydrogens (tertiary/aromatic N) is 4. The van der Waals surface area contributed by atoms with Crippen LogP contribution in [0.1, 0.15) is 57.6 Å². The Morgan fingerprint density at radius 1 is 1.20 bits per heavy atom. The molecule has 4 heterocycles. The molecule has 0 radical (unpaired) electrons. The van der Waals surface area contributed by atoms with Crippen molar-refractivity contribution in [1.82, 2.24) is 25.1 Å². The van der Waals surface area contributed by atoms with Gasteiger partial charge < -0.3 is 29.7 Å². The minimum Gasteiger partial charge on any atom is -0.497 e. The van der Waals surface area contributed by atoms with Crippen molar-refractivity contribution >= 4 is 40.0 Å². The van der Waals surface area contributed by atoms with Gasteiger partial charge in [-0.1, -0.05) is 26.0 Å². The van der Waals surface area contributed by atoms with Crippen LogP contribution in [0.25, 0.3) is 21.5 Å². The molecular formula is C33H39N5O6S. The highest BCUT2D eigenvalue weighted by Gasteiger charge is 2.61. The lowest BCUT2D eigenvalue weighted by Gasteiger charge is -2.29. The SMILES string of the molecule is COc1ccc2c(O[C@@H]3C[C@H]4C(=O)N[C@]5(C(=O)O)C[C@H]5/C=C\CCCCN(C)C(=O)N4C3)nc(-c3nc(C(C)C)cs3)cc2c1. The Balaban J connectivity index is 1.33. The third kappa shape index (κ3) is 6.07. The Labute approximate surface area is 266 Å². The number of hydrogen-bond acceptors (Lipinski definition) is 8. The number of allylic oxidation sites excluding steroid dienone is 1.